The van der Waals surface area contributed by atoms with Gasteiger partial charge in [0.25, 0.3) is 0 Å². The molecule has 1 aromatic carbocycles. The Morgan fingerprint density at radius 2 is 2.06 bits per heavy atom. The first-order chi connectivity index (χ1) is 14.9. The highest BCUT2D eigenvalue weighted by molar-refractivity contribution is 5.89. The van der Waals surface area contributed by atoms with Crippen LogP contribution in [-0.2, 0) is 19.6 Å². The number of aromatic nitrogens is 3. The van der Waals surface area contributed by atoms with Gasteiger partial charge in [0.15, 0.2) is 11.3 Å². The largest absolute Gasteiger partial charge is 0.484 e. The zero-order valence-electron chi connectivity index (χ0n) is 18.9. The summed E-state index contributed by atoms with van der Waals surface area (Å²) in [7, 11) is 0. The van der Waals surface area contributed by atoms with Crippen molar-refractivity contribution in [2.45, 2.75) is 85.0 Å². The normalized spacial score (nSPS) is 15.0. The lowest BCUT2D eigenvalue weighted by atomic mass is 9.92. The van der Waals surface area contributed by atoms with E-state index in [-0.39, 0.29) is 12.2 Å². The summed E-state index contributed by atoms with van der Waals surface area (Å²) in [5.41, 5.74) is 2.37. The number of benzene rings is 1. The number of aryl methyl sites for hydroxylation is 3. The molecule has 7 heteroatoms. The highest BCUT2D eigenvalue weighted by Gasteiger charge is 2.31. The lowest BCUT2D eigenvalue weighted by molar-refractivity contribution is 0.0787. The molecule has 31 heavy (non-hydrogen) atoms. The van der Waals surface area contributed by atoms with Crippen molar-refractivity contribution >= 4 is 11.0 Å². The molecule has 0 saturated heterocycles. The number of unbranched alkanes of at least 4 members (excludes halogenated alkanes) is 3. The van der Waals surface area contributed by atoms with Crippen LogP contribution in [0.4, 0.5) is 0 Å². The molecule has 7 nitrogen and oxygen atoms in total. The van der Waals surface area contributed by atoms with Crippen molar-refractivity contribution in [1.29, 1.82) is 0 Å². The van der Waals surface area contributed by atoms with Crippen molar-refractivity contribution in [3.8, 4) is 11.5 Å². The first-order valence-corrected chi connectivity index (χ1v) is 11.2. The van der Waals surface area contributed by atoms with Gasteiger partial charge in [0.1, 0.15) is 17.9 Å². The second-order valence-electron chi connectivity index (χ2n) is 9.00. The van der Waals surface area contributed by atoms with Gasteiger partial charge in [-0.05, 0) is 57.2 Å². The Morgan fingerprint density at radius 1 is 1.23 bits per heavy atom. The van der Waals surface area contributed by atoms with E-state index in [1.54, 1.807) is 0 Å². The minimum atomic E-state index is -0.400. The molecule has 0 bridgehead atoms. The number of rotatable bonds is 8. The predicted octanol–water partition coefficient (Wildman–Crippen LogP) is 4.96. The molecule has 2 aromatic heterocycles. The fourth-order valence-electron chi connectivity index (χ4n) is 4.01. The van der Waals surface area contributed by atoms with E-state index in [9.17, 15) is 4.79 Å². The van der Waals surface area contributed by atoms with Gasteiger partial charge in [-0.25, -0.2) is 4.79 Å². The third kappa shape index (κ3) is 4.75. The van der Waals surface area contributed by atoms with Crippen molar-refractivity contribution < 1.29 is 13.9 Å². The third-order valence-electron chi connectivity index (χ3n) is 5.80. The fraction of sp³-hybridized carbons (Fsp3) is 0.542. The highest BCUT2D eigenvalue weighted by atomic mass is 16.5. The monoisotopic (exact) mass is 425 g/mol. The van der Waals surface area contributed by atoms with Crippen LogP contribution in [0.2, 0.25) is 0 Å². The lowest BCUT2D eigenvalue weighted by Gasteiger charge is -2.33. The number of hydrogen-bond acceptors (Lipinski definition) is 6. The molecule has 4 rings (SSSR count). The number of nitrogens with zero attached hydrogens (tertiary/aromatic N) is 3. The standard InChI is InChI=1S/C24H31N3O4/c1-5-6-7-8-11-27-14-18(25-26-27)15-29-23-21-17(9-10-24(3,4)31-21)13-19-16(2)12-20(28)30-22(19)23/h12-14H,5-11,15H2,1-4H3. The van der Waals surface area contributed by atoms with Gasteiger partial charge in [0, 0.05) is 18.0 Å². The lowest BCUT2D eigenvalue weighted by Crippen LogP contribution is -2.32. The van der Waals surface area contributed by atoms with Crippen LogP contribution in [0.1, 0.15) is 69.7 Å². The van der Waals surface area contributed by atoms with Crippen LogP contribution in [0.3, 0.4) is 0 Å². The molecule has 3 aromatic rings. The van der Waals surface area contributed by atoms with Crippen LogP contribution in [0.25, 0.3) is 11.0 Å². The molecule has 0 aliphatic carbocycles. The molecule has 0 amide bonds. The Kier molecular flexibility index (Phi) is 6.03. The average Bonchev–Trinajstić information content (AvgIpc) is 3.16. The molecule has 0 unspecified atom stereocenters. The second kappa shape index (κ2) is 8.73. The van der Waals surface area contributed by atoms with E-state index in [1.165, 1.54) is 25.3 Å². The summed E-state index contributed by atoms with van der Waals surface area (Å²) in [5.74, 6) is 1.13. The Labute approximate surface area is 182 Å². The Hall–Kier alpha value is -2.83. The van der Waals surface area contributed by atoms with Gasteiger partial charge in [0.2, 0.25) is 5.75 Å². The van der Waals surface area contributed by atoms with Crippen molar-refractivity contribution in [2.24, 2.45) is 0 Å². The molecule has 0 radical (unpaired) electrons. The number of fused-ring (bicyclic) bond motifs is 2. The van der Waals surface area contributed by atoms with Crippen LogP contribution in [0.5, 0.6) is 11.5 Å². The summed E-state index contributed by atoms with van der Waals surface area (Å²) in [5, 5.41) is 9.32. The van der Waals surface area contributed by atoms with E-state index < -0.39 is 5.63 Å². The van der Waals surface area contributed by atoms with E-state index in [0.29, 0.717) is 17.1 Å². The van der Waals surface area contributed by atoms with Crippen molar-refractivity contribution in [3.63, 3.8) is 0 Å². The summed E-state index contributed by atoms with van der Waals surface area (Å²) in [6.45, 7) is 9.30. The molecule has 1 aliphatic heterocycles. The van der Waals surface area contributed by atoms with Crippen LogP contribution in [0.15, 0.2) is 27.5 Å². The van der Waals surface area contributed by atoms with Gasteiger partial charge < -0.3 is 13.9 Å². The van der Waals surface area contributed by atoms with Gasteiger partial charge in [-0.15, -0.1) is 5.10 Å². The van der Waals surface area contributed by atoms with Crippen molar-refractivity contribution in [3.05, 3.63) is 45.6 Å². The Bertz CT molecular complexity index is 1130. The molecule has 0 N–H and O–H groups in total. The maximum atomic E-state index is 12.1. The zero-order valence-corrected chi connectivity index (χ0v) is 18.9. The van der Waals surface area contributed by atoms with E-state index in [0.717, 1.165) is 48.0 Å². The third-order valence-corrected chi connectivity index (χ3v) is 5.80. The molecule has 166 valence electrons. The first kappa shape index (κ1) is 21.4. The van der Waals surface area contributed by atoms with E-state index >= 15 is 0 Å². The van der Waals surface area contributed by atoms with Gasteiger partial charge >= 0.3 is 5.63 Å². The minimum Gasteiger partial charge on any atom is -0.484 e. The maximum absolute atomic E-state index is 12.1. The molecule has 0 atom stereocenters. The molecule has 1 aliphatic rings. The van der Waals surface area contributed by atoms with E-state index in [2.05, 4.69) is 37.1 Å². The topological polar surface area (TPSA) is 79.4 Å². The average molecular weight is 426 g/mol. The van der Waals surface area contributed by atoms with Crippen LogP contribution in [-0.4, -0.2) is 20.6 Å². The van der Waals surface area contributed by atoms with E-state index in [4.69, 9.17) is 13.9 Å². The summed E-state index contributed by atoms with van der Waals surface area (Å²) < 4.78 is 19.9. The van der Waals surface area contributed by atoms with Crippen molar-refractivity contribution in [1.82, 2.24) is 15.0 Å². The fourth-order valence-corrected chi connectivity index (χ4v) is 4.01. The smallest absolute Gasteiger partial charge is 0.336 e. The van der Waals surface area contributed by atoms with Crippen LogP contribution in [0, 0.1) is 6.92 Å². The molecule has 3 heterocycles. The molecular formula is C24H31N3O4. The summed E-state index contributed by atoms with van der Waals surface area (Å²) in [6, 6.07) is 3.56. The summed E-state index contributed by atoms with van der Waals surface area (Å²) >= 11 is 0. The number of hydrogen-bond donors (Lipinski definition) is 0. The molecular weight excluding hydrogens is 394 g/mol. The minimum absolute atomic E-state index is 0.224. The molecule has 0 spiro atoms. The van der Waals surface area contributed by atoms with E-state index in [1.807, 2.05) is 17.8 Å². The van der Waals surface area contributed by atoms with Gasteiger partial charge in [-0.1, -0.05) is 31.4 Å². The van der Waals surface area contributed by atoms with Gasteiger partial charge in [-0.2, -0.15) is 0 Å². The maximum Gasteiger partial charge on any atom is 0.336 e. The second-order valence-corrected chi connectivity index (χ2v) is 9.00. The summed E-state index contributed by atoms with van der Waals surface area (Å²) in [4.78, 5) is 12.1. The van der Waals surface area contributed by atoms with Crippen molar-refractivity contribution in [2.75, 3.05) is 0 Å². The van der Waals surface area contributed by atoms with Gasteiger partial charge in [0.05, 0.1) is 6.20 Å². The summed E-state index contributed by atoms with van der Waals surface area (Å²) in [6.07, 6.45) is 8.42. The van der Waals surface area contributed by atoms with Crippen LogP contribution >= 0.6 is 0 Å². The SMILES string of the molecule is CCCCCCn1cc(COc2c3c(cc4c(C)cc(=O)oc24)CCC(C)(C)O3)nn1. The Morgan fingerprint density at radius 3 is 2.87 bits per heavy atom. The molecule has 0 fully saturated rings. The zero-order chi connectivity index (χ0) is 22.0. The quantitative estimate of drug-likeness (QED) is 0.375. The molecule has 0 saturated carbocycles. The van der Waals surface area contributed by atoms with Gasteiger partial charge in [-0.3, -0.25) is 4.68 Å². The predicted molar refractivity (Wildman–Crippen MR) is 119 cm³/mol. The Balaban J connectivity index is 1.62. The first-order valence-electron chi connectivity index (χ1n) is 11.2. The number of ether oxygens (including phenoxy) is 2. The van der Waals surface area contributed by atoms with Crippen LogP contribution < -0.4 is 15.1 Å². The highest BCUT2D eigenvalue weighted by Crippen LogP contribution is 2.45.